The first kappa shape index (κ1) is 7.69. The van der Waals surface area contributed by atoms with E-state index < -0.39 is 0 Å². The van der Waals surface area contributed by atoms with Gasteiger partial charge in [0.2, 0.25) is 0 Å². The summed E-state index contributed by atoms with van der Waals surface area (Å²) < 4.78 is 0. The molecule has 0 N–H and O–H groups in total. The van der Waals surface area contributed by atoms with Crippen LogP contribution < -0.4 is 4.90 Å². The zero-order chi connectivity index (χ0) is 8.84. The molecule has 2 aliphatic rings. The maximum Gasteiger partial charge on any atom is 0.0410 e. The van der Waals surface area contributed by atoms with Crippen LogP contribution in [-0.4, -0.2) is 13.1 Å². The van der Waals surface area contributed by atoms with Gasteiger partial charge in [-0.05, 0) is 36.6 Å². The van der Waals surface area contributed by atoms with E-state index in [1.807, 2.05) is 6.07 Å². The second-order valence-corrected chi connectivity index (χ2v) is 4.42. The largest absolute Gasteiger partial charge is 0.371 e. The van der Waals surface area contributed by atoms with Gasteiger partial charge in [0.25, 0.3) is 0 Å². The topological polar surface area (TPSA) is 3.24 Å². The van der Waals surface area contributed by atoms with Crippen LogP contribution >= 0.6 is 11.6 Å². The molecule has 0 spiro atoms. The lowest BCUT2D eigenvalue weighted by Crippen LogP contribution is -2.27. The third kappa shape index (κ3) is 1.07. The molecule has 13 heavy (non-hydrogen) atoms. The molecule has 2 heterocycles. The van der Waals surface area contributed by atoms with Crippen molar-refractivity contribution in [1.82, 2.24) is 0 Å². The van der Waals surface area contributed by atoms with E-state index in [0.717, 1.165) is 10.9 Å². The van der Waals surface area contributed by atoms with E-state index in [1.54, 1.807) is 0 Å². The number of fused-ring (bicyclic) bond motifs is 5. The van der Waals surface area contributed by atoms with Gasteiger partial charge in [0.05, 0.1) is 0 Å². The van der Waals surface area contributed by atoms with Crippen molar-refractivity contribution in [3.05, 3.63) is 28.8 Å². The van der Waals surface area contributed by atoms with Gasteiger partial charge < -0.3 is 4.90 Å². The Morgan fingerprint density at radius 3 is 3.23 bits per heavy atom. The molecular formula is C11H12ClN. The van der Waals surface area contributed by atoms with Gasteiger partial charge in [0.1, 0.15) is 0 Å². The fourth-order valence-electron chi connectivity index (χ4n) is 2.59. The summed E-state index contributed by atoms with van der Waals surface area (Å²) in [6.45, 7) is 2.45. The lowest BCUT2D eigenvalue weighted by Gasteiger charge is -2.24. The van der Waals surface area contributed by atoms with Crippen molar-refractivity contribution in [2.75, 3.05) is 18.0 Å². The molecule has 0 saturated carbocycles. The minimum absolute atomic E-state index is 0.752. The van der Waals surface area contributed by atoms with E-state index in [4.69, 9.17) is 11.6 Å². The minimum Gasteiger partial charge on any atom is -0.371 e. The van der Waals surface area contributed by atoms with Crippen LogP contribution in [0.25, 0.3) is 0 Å². The van der Waals surface area contributed by atoms with Crippen LogP contribution in [0.3, 0.4) is 0 Å². The van der Waals surface area contributed by atoms with Gasteiger partial charge in [-0.3, -0.25) is 0 Å². The Balaban J connectivity index is 2.15. The van der Waals surface area contributed by atoms with Gasteiger partial charge in [-0.25, -0.2) is 0 Å². The molecule has 1 unspecified atom stereocenters. The molecule has 0 aromatic heterocycles. The fourth-order valence-corrected chi connectivity index (χ4v) is 2.77. The SMILES string of the molecule is Clc1ccc2c(c1)C1CCCN2C1. The van der Waals surface area contributed by atoms with E-state index >= 15 is 0 Å². The van der Waals surface area contributed by atoms with Crippen LogP contribution in [-0.2, 0) is 0 Å². The van der Waals surface area contributed by atoms with E-state index in [2.05, 4.69) is 17.0 Å². The van der Waals surface area contributed by atoms with Crippen molar-refractivity contribution in [3.8, 4) is 0 Å². The summed E-state index contributed by atoms with van der Waals surface area (Å²) >= 11 is 6.00. The average molecular weight is 194 g/mol. The third-order valence-electron chi connectivity index (χ3n) is 3.19. The second-order valence-electron chi connectivity index (χ2n) is 3.99. The molecule has 68 valence electrons. The molecule has 0 aliphatic carbocycles. The molecule has 1 fully saturated rings. The number of anilines is 1. The number of piperidine rings is 1. The average Bonchev–Trinajstić information content (AvgIpc) is 2.39. The number of nitrogens with zero attached hydrogens (tertiary/aromatic N) is 1. The first-order valence-corrected chi connectivity index (χ1v) is 5.27. The Morgan fingerprint density at radius 1 is 1.38 bits per heavy atom. The monoisotopic (exact) mass is 193 g/mol. The molecular weight excluding hydrogens is 182 g/mol. The van der Waals surface area contributed by atoms with E-state index in [0.29, 0.717) is 0 Å². The van der Waals surface area contributed by atoms with Crippen molar-refractivity contribution in [2.24, 2.45) is 0 Å². The highest BCUT2D eigenvalue weighted by atomic mass is 35.5. The van der Waals surface area contributed by atoms with Gasteiger partial charge >= 0.3 is 0 Å². The molecule has 1 aromatic rings. The molecule has 3 rings (SSSR count). The van der Waals surface area contributed by atoms with Crippen LogP contribution in [0, 0.1) is 0 Å². The molecule has 1 nitrogen and oxygen atoms in total. The maximum atomic E-state index is 6.00. The summed E-state index contributed by atoms with van der Waals surface area (Å²) in [7, 11) is 0. The van der Waals surface area contributed by atoms with Crippen LogP contribution in [0.15, 0.2) is 18.2 Å². The van der Waals surface area contributed by atoms with Crippen LogP contribution in [0.4, 0.5) is 5.69 Å². The summed E-state index contributed by atoms with van der Waals surface area (Å²) in [6, 6.07) is 6.32. The maximum absolute atomic E-state index is 6.00. The number of hydrogen-bond donors (Lipinski definition) is 0. The lowest BCUT2D eigenvalue weighted by molar-refractivity contribution is 0.546. The quantitative estimate of drug-likeness (QED) is 0.612. The van der Waals surface area contributed by atoms with E-state index in [9.17, 15) is 0 Å². The Morgan fingerprint density at radius 2 is 2.31 bits per heavy atom. The van der Waals surface area contributed by atoms with Crippen molar-refractivity contribution >= 4 is 17.3 Å². The van der Waals surface area contributed by atoms with Crippen LogP contribution in [0.1, 0.15) is 24.3 Å². The summed E-state index contributed by atoms with van der Waals surface area (Å²) in [5.41, 5.74) is 2.90. The minimum atomic E-state index is 0.752. The molecule has 2 heteroatoms. The van der Waals surface area contributed by atoms with Gasteiger partial charge in [-0.1, -0.05) is 11.6 Å². The highest BCUT2D eigenvalue weighted by Crippen LogP contribution is 2.42. The van der Waals surface area contributed by atoms with Crippen LogP contribution in [0.2, 0.25) is 5.02 Å². The number of benzene rings is 1. The normalized spacial score (nSPS) is 24.7. The zero-order valence-corrected chi connectivity index (χ0v) is 8.22. The van der Waals surface area contributed by atoms with E-state index in [-0.39, 0.29) is 0 Å². The predicted octanol–water partition coefficient (Wildman–Crippen LogP) is 3.04. The smallest absolute Gasteiger partial charge is 0.0410 e. The predicted molar refractivity (Wildman–Crippen MR) is 55.6 cm³/mol. The molecule has 1 aromatic carbocycles. The van der Waals surface area contributed by atoms with Gasteiger partial charge in [-0.15, -0.1) is 0 Å². The Hall–Kier alpha value is -0.690. The van der Waals surface area contributed by atoms with Gasteiger partial charge in [-0.2, -0.15) is 0 Å². The van der Waals surface area contributed by atoms with Crippen molar-refractivity contribution in [2.45, 2.75) is 18.8 Å². The standard InChI is InChI=1S/C11H12ClN/c12-9-3-4-11-10(6-9)8-2-1-5-13(11)7-8/h3-4,6,8H,1-2,5,7H2. The summed E-state index contributed by atoms with van der Waals surface area (Å²) in [4.78, 5) is 2.49. The number of rotatable bonds is 0. The lowest BCUT2D eigenvalue weighted by atomic mass is 9.96. The van der Waals surface area contributed by atoms with E-state index in [1.165, 1.54) is 37.2 Å². The van der Waals surface area contributed by atoms with Crippen molar-refractivity contribution in [1.29, 1.82) is 0 Å². The Labute approximate surface area is 83.3 Å². The first-order valence-electron chi connectivity index (χ1n) is 4.89. The molecule has 0 radical (unpaired) electrons. The highest BCUT2D eigenvalue weighted by molar-refractivity contribution is 6.30. The number of halogens is 1. The first-order chi connectivity index (χ1) is 6.34. The fraction of sp³-hybridized carbons (Fsp3) is 0.455. The Bertz CT molecular complexity index is 348. The van der Waals surface area contributed by atoms with Crippen LogP contribution in [0.5, 0.6) is 0 Å². The molecule has 1 saturated heterocycles. The summed E-state index contributed by atoms with van der Waals surface area (Å²) in [5.74, 6) is 0.752. The van der Waals surface area contributed by atoms with Crippen molar-refractivity contribution < 1.29 is 0 Å². The van der Waals surface area contributed by atoms with Crippen molar-refractivity contribution in [3.63, 3.8) is 0 Å². The van der Waals surface area contributed by atoms with Gasteiger partial charge in [0.15, 0.2) is 0 Å². The van der Waals surface area contributed by atoms with Gasteiger partial charge in [0, 0.05) is 29.7 Å². The highest BCUT2D eigenvalue weighted by Gasteiger charge is 2.31. The number of hydrogen-bond acceptors (Lipinski definition) is 1. The summed E-state index contributed by atoms with van der Waals surface area (Å²) in [5, 5.41) is 0.882. The zero-order valence-electron chi connectivity index (χ0n) is 7.46. The molecule has 1 atom stereocenters. The Kier molecular flexibility index (Phi) is 1.57. The second kappa shape index (κ2) is 2.65. The molecule has 2 bridgehead atoms. The molecule has 2 aliphatic heterocycles. The third-order valence-corrected chi connectivity index (χ3v) is 3.43. The molecule has 0 amide bonds. The summed E-state index contributed by atoms with van der Waals surface area (Å²) in [6.07, 6.45) is 2.67.